The Kier molecular flexibility index (Phi) is 6.26. The molecule has 0 aliphatic heterocycles. The first-order valence-electron chi connectivity index (χ1n) is 9.98. The molecule has 3 N–H and O–H groups in total. The van der Waals surface area contributed by atoms with Gasteiger partial charge in [0.2, 0.25) is 5.95 Å². The van der Waals surface area contributed by atoms with Gasteiger partial charge in [-0.05, 0) is 54.1 Å². The number of hydrogen-bond acceptors (Lipinski definition) is 7. The molecule has 0 unspecified atom stereocenters. The summed E-state index contributed by atoms with van der Waals surface area (Å²) < 4.78 is 5.23. The minimum absolute atomic E-state index is 0.205. The molecule has 3 aromatic carbocycles. The lowest BCUT2D eigenvalue weighted by Crippen LogP contribution is -2.01. The quantitative estimate of drug-likeness (QED) is 0.282. The van der Waals surface area contributed by atoms with Gasteiger partial charge >= 0.3 is 5.97 Å². The molecule has 0 bridgehead atoms. The maximum absolute atomic E-state index is 11.2. The number of aromatic nitrogens is 2. The second kappa shape index (κ2) is 9.61. The minimum atomic E-state index is -1.22. The van der Waals surface area contributed by atoms with Crippen LogP contribution >= 0.6 is 0 Å². The van der Waals surface area contributed by atoms with Crippen LogP contribution in [-0.2, 0) is 0 Å². The van der Waals surface area contributed by atoms with Crippen LogP contribution in [0.25, 0.3) is 22.5 Å². The van der Waals surface area contributed by atoms with Crippen molar-refractivity contribution in [3.63, 3.8) is 0 Å². The molecule has 164 valence electrons. The summed E-state index contributed by atoms with van der Waals surface area (Å²) in [6.45, 7) is 0. The number of carboxylic acid groups (broad SMARTS) is 1. The molecule has 0 aliphatic carbocycles. The van der Waals surface area contributed by atoms with Crippen LogP contribution in [0.5, 0.6) is 11.5 Å². The molecule has 0 radical (unpaired) electrons. The Morgan fingerprint density at radius 2 is 1.61 bits per heavy atom. The number of benzene rings is 3. The number of ether oxygens (including phenoxy) is 1. The molecule has 0 spiro atoms. The van der Waals surface area contributed by atoms with Crippen LogP contribution in [0, 0.1) is 0 Å². The molecule has 1 heterocycles. The van der Waals surface area contributed by atoms with Gasteiger partial charge in [0.05, 0.1) is 24.7 Å². The lowest BCUT2D eigenvalue weighted by molar-refractivity contribution is 0.0693. The van der Waals surface area contributed by atoms with Crippen LogP contribution in [0.1, 0.15) is 15.9 Å². The van der Waals surface area contributed by atoms with E-state index in [0.29, 0.717) is 17.0 Å². The molecule has 4 aromatic rings. The van der Waals surface area contributed by atoms with Crippen molar-refractivity contribution in [2.75, 3.05) is 12.5 Å². The predicted molar refractivity (Wildman–Crippen MR) is 126 cm³/mol. The van der Waals surface area contributed by atoms with Crippen molar-refractivity contribution in [1.82, 2.24) is 9.97 Å². The second-order valence-corrected chi connectivity index (χ2v) is 7.01. The Hall–Kier alpha value is -4.72. The maximum Gasteiger partial charge on any atom is 0.339 e. The molecule has 8 nitrogen and oxygen atoms in total. The fourth-order valence-electron chi connectivity index (χ4n) is 3.13. The standard InChI is InChI=1S/C25H20N4O4/c1-33-19-10-8-18(9-11-19)22-14-21(17-5-3-2-4-6-17)27-25(28-22)29-26-15-16-7-12-23(30)20(13-16)24(31)32/h2-15,30H,1H3,(H,31,32)(H,27,28,29)/b26-15+. The maximum atomic E-state index is 11.2. The highest BCUT2D eigenvalue weighted by atomic mass is 16.5. The van der Waals surface area contributed by atoms with Crippen molar-refractivity contribution in [1.29, 1.82) is 0 Å². The van der Waals surface area contributed by atoms with E-state index in [9.17, 15) is 9.90 Å². The molecule has 0 amide bonds. The molecular weight excluding hydrogens is 420 g/mol. The zero-order valence-electron chi connectivity index (χ0n) is 17.6. The van der Waals surface area contributed by atoms with Crippen LogP contribution < -0.4 is 10.2 Å². The number of hydrazone groups is 1. The number of rotatable bonds is 7. The summed E-state index contributed by atoms with van der Waals surface area (Å²) in [4.78, 5) is 20.3. The van der Waals surface area contributed by atoms with Gasteiger partial charge in [-0.25, -0.2) is 20.2 Å². The van der Waals surface area contributed by atoms with Crippen LogP contribution in [0.3, 0.4) is 0 Å². The number of nitrogens with zero attached hydrogens (tertiary/aromatic N) is 3. The van der Waals surface area contributed by atoms with Crippen LogP contribution in [-0.4, -0.2) is 39.5 Å². The van der Waals surface area contributed by atoms with E-state index in [4.69, 9.17) is 9.84 Å². The molecule has 8 heteroatoms. The Labute approximate surface area is 189 Å². The summed E-state index contributed by atoms with van der Waals surface area (Å²) in [5.41, 5.74) is 6.31. The molecule has 0 aliphatic rings. The largest absolute Gasteiger partial charge is 0.507 e. The minimum Gasteiger partial charge on any atom is -0.507 e. The number of aromatic carboxylic acids is 1. The van der Waals surface area contributed by atoms with E-state index in [1.54, 1.807) is 13.2 Å². The molecular formula is C25H20N4O4. The number of anilines is 1. The highest BCUT2D eigenvalue weighted by molar-refractivity contribution is 5.93. The van der Waals surface area contributed by atoms with Crippen LogP contribution in [0.15, 0.2) is 84.0 Å². The van der Waals surface area contributed by atoms with Gasteiger partial charge in [0.15, 0.2) is 0 Å². The zero-order chi connectivity index (χ0) is 23.2. The summed E-state index contributed by atoms with van der Waals surface area (Å²) in [5.74, 6) is -0.515. The third kappa shape index (κ3) is 5.13. The third-order valence-electron chi connectivity index (χ3n) is 4.81. The van der Waals surface area contributed by atoms with Gasteiger partial charge in [0.1, 0.15) is 17.1 Å². The zero-order valence-corrected chi connectivity index (χ0v) is 17.6. The van der Waals surface area contributed by atoms with Gasteiger partial charge in [-0.3, -0.25) is 0 Å². The number of hydrogen-bond donors (Lipinski definition) is 3. The first-order chi connectivity index (χ1) is 16.0. The highest BCUT2D eigenvalue weighted by Gasteiger charge is 2.10. The molecule has 0 saturated carbocycles. The summed E-state index contributed by atoms with van der Waals surface area (Å²) in [5, 5.41) is 23.0. The smallest absolute Gasteiger partial charge is 0.339 e. The van der Waals surface area contributed by atoms with Gasteiger partial charge in [0, 0.05) is 11.1 Å². The topological polar surface area (TPSA) is 117 Å². The van der Waals surface area contributed by atoms with Crippen molar-refractivity contribution in [2.24, 2.45) is 5.10 Å². The van der Waals surface area contributed by atoms with E-state index in [0.717, 1.165) is 16.9 Å². The van der Waals surface area contributed by atoms with Gasteiger partial charge in [-0.1, -0.05) is 30.3 Å². The van der Waals surface area contributed by atoms with Gasteiger partial charge in [-0.2, -0.15) is 5.10 Å². The highest BCUT2D eigenvalue weighted by Crippen LogP contribution is 2.26. The Morgan fingerprint density at radius 1 is 0.939 bits per heavy atom. The lowest BCUT2D eigenvalue weighted by atomic mass is 10.1. The summed E-state index contributed by atoms with van der Waals surface area (Å²) >= 11 is 0. The molecule has 0 fully saturated rings. The van der Waals surface area contributed by atoms with E-state index >= 15 is 0 Å². The van der Waals surface area contributed by atoms with Gasteiger partial charge in [-0.15, -0.1) is 0 Å². The average molecular weight is 440 g/mol. The molecule has 1 aromatic heterocycles. The van der Waals surface area contributed by atoms with Crippen molar-refractivity contribution >= 4 is 18.1 Å². The first-order valence-corrected chi connectivity index (χ1v) is 9.98. The predicted octanol–water partition coefficient (Wildman–Crippen LogP) is 4.67. The van der Waals surface area contributed by atoms with E-state index in [1.165, 1.54) is 18.3 Å². The first kappa shape index (κ1) is 21.5. The number of carboxylic acids is 1. The Bertz CT molecular complexity index is 1310. The van der Waals surface area contributed by atoms with Crippen molar-refractivity contribution in [3.05, 3.63) is 90.0 Å². The van der Waals surface area contributed by atoms with Crippen LogP contribution in [0.2, 0.25) is 0 Å². The SMILES string of the molecule is COc1ccc(-c2cc(-c3ccccc3)nc(N/N=C/c3ccc(O)c(C(=O)O)c3)n2)cc1. The van der Waals surface area contributed by atoms with E-state index in [2.05, 4.69) is 20.5 Å². The monoisotopic (exact) mass is 440 g/mol. The number of aromatic hydroxyl groups is 1. The number of carbonyl (C=O) groups is 1. The molecule has 4 rings (SSSR count). The molecule has 33 heavy (non-hydrogen) atoms. The number of nitrogens with one attached hydrogen (secondary N) is 1. The van der Waals surface area contributed by atoms with Gasteiger partial charge in [0.25, 0.3) is 0 Å². The summed E-state index contributed by atoms with van der Waals surface area (Å²) in [6.07, 6.45) is 1.43. The van der Waals surface area contributed by atoms with Gasteiger partial charge < -0.3 is 14.9 Å². The van der Waals surface area contributed by atoms with Crippen molar-refractivity contribution in [3.8, 4) is 34.0 Å². The van der Waals surface area contributed by atoms with E-state index in [-0.39, 0.29) is 17.3 Å². The van der Waals surface area contributed by atoms with Crippen molar-refractivity contribution < 1.29 is 19.7 Å². The van der Waals surface area contributed by atoms with Crippen LogP contribution in [0.4, 0.5) is 5.95 Å². The molecule has 0 atom stereocenters. The van der Waals surface area contributed by atoms with E-state index < -0.39 is 5.97 Å². The summed E-state index contributed by atoms with van der Waals surface area (Å²) in [6, 6.07) is 23.3. The second-order valence-electron chi connectivity index (χ2n) is 7.01. The Morgan fingerprint density at radius 3 is 2.24 bits per heavy atom. The summed E-state index contributed by atoms with van der Waals surface area (Å²) in [7, 11) is 1.61. The number of phenols is 1. The van der Waals surface area contributed by atoms with Crippen molar-refractivity contribution in [2.45, 2.75) is 0 Å². The number of methoxy groups -OCH3 is 1. The Balaban J connectivity index is 1.66. The average Bonchev–Trinajstić information content (AvgIpc) is 2.85. The fourth-order valence-corrected chi connectivity index (χ4v) is 3.13. The third-order valence-corrected chi connectivity index (χ3v) is 4.81. The van der Waals surface area contributed by atoms with E-state index in [1.807, 2.05) is 60.7 Å². The lowest BCUT2D eigenvalue weighted by Gasteiger charge is -2.09. The fraction of sp³-hybridized carbons (Fsp3) is 0.0400. The molecule has 0 saturated heterocycles. The normalized spacial score (nSPS) is 10.8.